The predicted octanol–water partition coefficient (Wildman–Crippen LogP) is 7.10. The average Bonchev–Trinajstić information content (AvgIpc) is 3.53. The molecule has 0 radical (unpaired) electrons. The number of nitrogens with zero attached hydrogens (tertiary/aromatic N) is 1. The maximum Gasteiger partial charge on any atom is 0.272 e. The lowest BCUT2D eigenvalue weighted by molar-refractivity contribution is -0.114. The molecule has 5 aromatic rings. The molecule has 0 aliphatic heterocycles. The predicted molar refractivity (Wildman–Crippen MR) is 177 cm³/mol. The van der Waals surface area contributed by atoms with Crippen molar-refractivity contribution in [1.29, 1.82) is 0 Å². The molecule has 8 nitrogen and oxygen atoms in total. The van der Waals surface area contributed by atoms with Crippen molar-refractivity contribution in [3.63, 3.8) is 0 Å². The highest BCUT2D eigenvalue weighted by molar-refractivity contribution is 8.00. The zero-order valence-corrected chi connectivity index (χ0v) is 25.6. The summed E-state index contributed by atoms with van der Waals surface area (Å²) in [7, 11) is 1.60. The van der Waals surface area contributed by atoms with Crippen LogP contribution < -0.4 is 20.7 Å². The molecule has 0 fully saturated rings. The van der Waals surface area contributed by atoms with E-state index >= 15 is 0 Å². The van der Waals surface area contributed by atoms with Crippen LogP contribution in [0.1, 0.15) is 15.9 Å². The molecule has 0 saturated carbocycles. The fraction of sp³-hybridized carbons (Fsp3) is 0.0588. The lowest BCUT2D eigenvalue weighted by Crippen LogP contribution is -2.30. The molecule has 0 saturated heterocycles. The summed E-state index contributed by atoms with van der Waals surface area (Å²) in [6, 6.07) is 28.6. The summed E-state index contributed by atoms with van der Waals surface area (Å²) in [4.78, 5) is 44.1. The molecule has 0 aliphatic rings. The highest BCUT2D eigenvalue weighted by Gasteiger charge is 2.16. The van der Waals surface area contributed by atoms with Crippen molar-refractivity contribution < 1.29 is 23.5 Å². The molecule has 0 spiro atoms. The second kappa shape index (κ2) is 15.0. The summed E-state index contributed by atoms with van der Waals surface area (Å²) in [5, 5.41) is 10.6. The number of aromatic nitrogens is 1. The molecule has 4 aromatic carbocycles. The van der Waals surface area contributed by atoms with Gasteiger partial charge in [0, 0.05) is 27.1 Å². The number of amides is 3. The number of thioether (sulfide) groups is 1. The Kier molecular flexibility index (Phi) is 10.4. The zero-order valence-electron chi connectivity index (χ0n) is 24.0. The Morgan fingerprint density at radius 2 is 1.67 bits per heavy atom. The topological polar surface area (TPSA) is 109 Å². The van der Waals surface area contributed by atoms with Crippen molar-refractivity contribution in [3.8, 4) is 17.0 Å². The normalized spacial score (nSPS) is 11.0. The van der Waals surface area contributed by atoms with Gasteiger partial charge in [-0.1, -0.05) is 48.5 Å². The van der Waals surface area contributed by atoms with Gasteiger partial charge in [0.25, 0.3) is 11.8 Å². The first kappa shape index (κ1) is 31.2. The first-order valence-electron chi connectivity index (χ1n) is 13.6. The van der Waals surface area contributed by atoms with E-state index in [-0.39, 0.29) is 17.4 Å². The van der Waals surface area contributed by atoms with E-state index in [0.717, 1.165) is 10.5 Å². The molecule has 5 rings (SSSR count). The number of para-hydroxylation sites is 1. The Morgan fingerprint density at radius 3 is 2.44 bits per heavy atom. The second-order valence-electron chi connectivity index (χ2n) is 9.49. The van der Waals surface area contributed by atoms with Crippen LogP contribution in [0, 0.1) is 5.82 Å². The van der Waals surface area contributed by atoms with Gasteiger partial charge in [-0.25, -0.2) is 9.37 Å². The van der Waals surface area contributed by atoms with Crippen LogP contribution in [0.3, 0.4) is 0 Å². The molecule has 226 valence electrons. The van der Waals surface area contributed by atoms with Crippen LogP contribution in [0.25, 0.3) is 17.3 Å². The van der Waals surface area contributed by atoms with Gasteiger partial charge < -0.3 is 20.7 Å². The molecule has 3 N–H and O–H groups in total. The molecule has 1 heterocycles. The molecule has 0 atom stereocenters. The maximum absolute atomic E-state index is 13.4. The first-order valence-corrected chi connectivity index (χ1v) is 15.5. The van der Waals surface area contributed by atoms with Crippen molar-refractivity contribution in [2.75, 3.05) is 23.5 Å². The van der Waals surface area contributed by atoms with E-state index in [1.165, 1.54) is 53.4 Å². The third-order valence-electron chi connectivity index (χ3n) is 6.31. The molecule has 11 heteroatoms. The van der Waals surface area contributed by atoms with E-state index < -0.39 is 17.6 Å². The van der Waals surface area contributed by atoms with Crippen LogP contribution in [0.4, 0.5) is 15.2 Å². The number of thiazole rings is 1. The number of carbonyl (C=O) groups excluding carboxylic acids is 3. The summed E-state index contributed by atoms with van der Waals surface area (Å²) in [5.41, 5.74) is 2.88. The lowest BCUT2D eigenvalue weighted by atomic mass is 10.1. The molecule has 0 aliphatic carbocycles. The summed E-state index contributed by atoms with van der Waals surface area (Å²) in [5.74, 6) is -0.881. The minimum atomic E-state index is -0.571. The minimum absolute atomic E-state index is 0.0242. The van der Waals surface area contributed by atoms with Crippen LogP contribution in [-0.4, -0.2) is 35.6 Å². The highest BCUT2D eigenvalue weighted by atomic mass is 32.2. The van der Waals surface area contributed by atoms with E-state index in [1.54, 1.807) is 55.6 Å². The van der Waals surface area contributed by atoms with Crippen molar-refractivity contribution in [1.82, 2.24) is 10.3 Å². The number of ether oxygens (including phenoxy) is 1. The third kappa shape index (κ3) is 8.65. The largest absolute Gasteiger partial charge is 0.496 e. The van der Waals surface area contributed by atoms with Gasteiger partial charge in [0.2, 0.25) is 5.91 Å². The Labute approximate surface area is 267 Å². The Balaban J connectivity index is 1.22. The van der Waals surface area contributed by atoms with E-state index in [2.05, 4.69) is 20.9 Å². The van der Waals surface area contributed by atoms with Gasteiger partial charge in [-0.2, -0.15) is 0 Å². The number of nitrogens with one attached hydrogen (secondary N) is 3. The first-order chi connectivity index (χ1) is 21.9. The summed E-state index contributed by atoms with van der Waals surface area (Å²) in [6.45, 7) is 0. The standard InChI is InChI=1S/C34H27FN4O4S2/c1-43-30-13-6-5-12-27(30)29-20-45-34(38-29)39-31(40)21-44-26-11-7-10-25(19-26)36-33(42)28(18-22-14-16-24(35)17-15-22)37-32(41)23-8-3-2-4-9-23/h2-20H,21H2,1H3,(H,36,42)(H,37,41)(H,38,39,40)/b28-18-. The number of halogens is 1. The Hall–Kier alpha value is -5.26. The molecule has 45 heavy (non-hydrogen) atoms. The van der Waals surface area contributed by atoms with Crippen LogP contribution in [0.15, 0.2) is 119 Å². The van der Waals surface area contributed by atoms with Gasteiger partial charge in [0.1, 0.15) is 17.3 Å². The Bertz CT molecular complexity index is 1840. The summed E-state index contributed by atoms with van der Waals surface area (Å²) < 4.78 is 18.9. The van der Waals surface area contributed by atoms with Crippen LogP contribution in [-0.2, 0) is 9.59 Å². The fourth-order valence-electron chi connectivity index (χ4n) is 4.15. The van der Waals surface area contributed by atoms with Gasteiger partial charge in [0.05, 0.1) is 18.6 Å². The van der Waals surface area contributed by atoms with Gasteiger partial charge in [-0.15, -0.1) is 23.1 Å². The van der Waals surface area contributed by atoms with E-state index in [0.29, 0.717) is 33.4 Å². The highest BCUT2D eigenvalue weighted by Crippen LogP contribution is 2.32. The van der Waals surface area contributed by atoms with Crippen molar-refractivity contribution >= 4 is 57.7 Å². The quantitative estimate of drug-likeness (QED) is 0.105. The number of methoxy groups -OCH3 is 1. The smallest absolute Gasteiger partial charge is 0.272 e. The van der Waals surface area contributed by atoms with E-state index in [9.17, 15) is 18.8 Å². The summed E-state index contributed by atoms with van der Waals surface area (Å²) in [6.07, 6.45) is 1.47. The lowest BCUT2D eigenvalue weighted by Gasteiger charge is -2.12. The van der Waals surface area contributed by atoms with Crippen LogP contribution in [0.2, 0.25) is 0 Å². The van der Waals surface area contributed by atoms with E-state index in [1.807, 2.05) is 35.7 Å². The molecule has 0 unspecified atom stereocenters. The maximum atomic E-state index is 13.4. The van der Waals surface area contributed by atoms with Crippen LogP contribution in [0.5, 0.6) is 5.75 Å². The zero-order chi connectivity index (χ0) is 31.6. The SMILES string of the molecule is COc1ccccc1-c1csc(NC(=O)CSc2cccc(NC(=O)/C(=C/c3ccc(F)cc3)NC(=O)c3ccccc3)c2)n1. The number of hydrogen-bond donors (Lipinski definition) is 3. The van der Waals surface area contributed by atoms with Crippen molar-refractivity contribution in [2.24, 2.45) is 0 Å². The van der Waals surface area contributed by atoms with Crippen molar-refractivity contribution in [2.45, 2.75) is 4.90 Å². The average molecular weight is 639 g/mol. The second-order valence-corrected chi connectivity index (χ2v) is 11.4. The number of carbonyl (C=O) groups is 3. The van der Waals surface area contributed by atoms with Crippen molar-refractivity contribution in [3.05, 3.63) is 131 Å². The number of hydrogen-bond acceptors (Lipinski definition) is 7. The van der Waals surface area contributed by atoms with Gasteiger partial charge in [0.15, 0.2) is 5.13 Å². The monoisotopic (exact) mass is 638 g/mol. The van der Waals surface area contributed by atoms with Gasteiger partial charge in [-0.05, 0) is 66.2 Å². The summed E-state index contributed by atoms with van der Waals surface area (Å²) >= 11 is 2.61. The van der Waals surface area contributed by atoms with Gasteiger partial charge >= 0.3 is 0 Å². The number of rotatable bonds is 11. The molecular weight excluding hydrogens is 612 g/mol. The Morgan fingerprint density at radius 1 is 0.911 bits per heavy atom. The van der Waals surface area contributed by atoms with Crippen LogP contribution >= 0.6 is 23.1 Å². The molecule has 0 bridgehead atoms. The molecule has 1 aromatic heterocycles. The molecular formula is C34H27FN4O4S2. The third-order valence-corrected chi connectivity index (χ3v) is 8.06. The van der Waals surface area contributed by atoms with Gasteiger partial charge in [-0.3, -0.25) is 14.4 Å². The number of anilines is 2. The fourth-order valence-corrected chi connectivity index (χ4v) is 5.63. The molecule has 3 amide bonds. The van der Waals surface area contributed by atoms with E-state index in [4.69, 9.17) is 4.74 Å². The minimum Gasteiger partial charge on any atom is -0.496 e. The number of benzene rings is 4.